The lowest BCUT2D eigenvalue weighted by atomic mass is 10.0. The van der Waals surface area contributed by atoms with E-state index in [9.17, 15) is 9.59 Å². The summed E-state index contributed by atoms with van der Waals surface area (Å²) in [6.07, 6.45) is 0. The number of hydrogen-bond donors (Lipinski definition) is 1. The number of nitrogens with two attached hydrogens (primary N) is 1. The number of alkyl halides is 1. The molecule has 0 aliphatic carbocycles. The number of rotatable bonds is 2. The fourth-order valence-corrected chi connectivity index (χ4v) is 4.29. The third kappa shape index (κ3) is 2.78. The van der Waals surface area contributed by atoms with Crippen LogP contribution in [-0.2, 0) is 14.3 Å². The zero-order valence-electron chi connectivity index (χ0n) is 11.1. The van der Waals surface area contributed by atoms with E-state index in [1.807, 2.05) is 20.8 Å². The van der Waals surface area contributed by atoms with Crippen molar-refractivity contribution in [3.63, 3.8) is 0 Å². The second-order valence-corrected chi connectivity index (χ2v) is 7.39. The average molecular weight is 396 g/mol. The van der Waals surface area contributed by atoms with E-state index in [2.05, 4.69) is 22.6 Å². The summed E-state index contributed by atoms with van der Waals surface area (Å²) in [5, 5.41) is -0.123. The molecule has 0 aromatic heterocycles. The first-order valence-electron chi connectivity index (χ1n) is 5.98. The Morgan fingerprint density at radius 1 is 1.58 bits per heavy atom. The van der Waals surface area contributed by atoms with E-state index in [1.54, 1.807) is 11.8 Å². The Morgan fingerprint density at radius 2 is 2.21 bits per heavy atom. The van der Waals surface area contributed by atoms with Crippen LogP contribution in [0.4, 0.5) is 0 Å². The largest absolute Gasteiger partial charge is 0.455 e. The monoisotopic (exact) mass is 396 g/mol. The van der Waals surface area contributed by atoms with Gasteiger partial charge in [-0.2, -0.15) is 0 Å². The van der Waals surface area contributed by atoms with E-state index < -0.39 is 17.6 Å². The van der Waals surface area contributed by atoms with Crippen molar-refractivity contribution >= 4 is 46.2 Å². The van der Waals surface area contributed by atoms with Crippen LogP contribution < -0.4 is 5.73 Å². The summed E-state index contributed by atoms with van der Waals surface area (Å²) < 4.78 is 6.10. The number of esters is 1. The summed E-state index contributed by atoms with van der Waals surface area (Å²) in [6.45, 7) is 5.44. The molecule has 0 saturated carbocycles. The molecule has 2 N–H and O–H groups in total. The fourth-order valence-electron chi connectivity index (χ4n) is 2.00. The zero-order chi connectivity index (χ0) is 14.4. The first-order valence-corrected chi connectivity index (χ1v) is 8.55. The Morgan fingerprint density at radius 3 is 2.74 bits per heavy atom. The highest BCUT2D eigenvalue weighted by Gasteiger charge is 2.52. The molecular formula is C12H17IN2O3S. The van der Waals surface area contributed by atoms with E-state index in [0.29, 0.717) is 10.1 Å². The Balaban J connectivity index is 2.30. The normalized spacial score (nSPS) is 27.0. The molecule has 1 fully saturated rings. The molecular weight excluding hydrogens is 379 g/mol. The quantitative estimate of drug-likeness (QED) is 0.329. The van der Waals surface area contributed by atoms with E-state index >= 15 is 0 Å². The van der Waals surface area contributed by atoms with Crippen molar-refractivity contribution in [2.45, 2.75) is 37.8 Å². The molecule has 106 valence electrons. The summed E-state index contributed by atoms with van der Waals surface area (Å²) in [5.41, 5.74) is 6.54. The van der Waals surface area contributed by atoms with Crippen LogP contribution in [0, 0.1) is 0 Å². The van der Waals surface area contributed by atoms with Gasteiger partial charge in [0, 0.05) is 10.2 Å². The van der Waals surface area contributed by atoms with Gasteiger partial charge in [0.15, 0.2) is 0 Å². The predicted molar refractivity (Wildman–Crippen MR) is 82.8 cm³/mol. The molecule has 1 unspecified atom stereocenters. The molecule has 0 radical (unpaired) electrons. The highest BCUT2D eigenvalue weighted by molar-refractivity contribution is 14.1. The number of thioether (sulfide) groups is 1. The third-order valence-corrected chi connectivity index (χ3v) is 5.12. The van der Waals surface area contributed by atoms with Gasteiger partial charge in [-0.05, 0) is 26.3 Å². The van der Waals surface area contributed by atoms with Crippen LogP contribution in [0.5, 0.6) is 0 Å². The molecule has 2 rings (SSSR count). The van der Waals surface area contributed by atoms with Gasteiger partial charge in [0.1, 0.15) is 22.7 Å². The minimum absolute atomic E-state index is 0.123. The summed E-state index contributed by atoms with van der Waals surface area (Å²) in [7, 11) is 0. The molecule has 0 spiro atoms. The van der Waals surface area contributed by atoms with Crippen molar-refractivity contribution in [2.24, 2.45) is 5.73 Å². The smallest absolute Gasteiger partial charge is 0.355 e. The maximum Gasteiger partial charge on any atom is 0.355 e. The van der Waals surface area contributed by atoms with Crippen molar-refractivity contribution in [2.75, 3.05) is 10.2 Å². The number of hydrogen-bond acceptors (Lipinski definition) is 5. The molecule has 1 saturated heterocycles. The summed E-state index contributed by atoms with van der Waals surface area (Å²) >= 11 is 3.80. The molecule has 19 heavy (non-hydrogen) atoms. The van der Waals surface area contributed by atoms with Gasteiger partial charge in [0.25, 0.3) is 0 Å². The Kier molecular flexibility index (Phi) is 4.18. The van der Waals surface area contributed by atoms with E-state index in [0.717, 1.165) is 11.3 Å². The zero-order valence-corrected chi connectivity index (χ0v) is 14.1. The second-order valence-electron chi connectivity index (χ2n) is 5.52. The van der Waals surface area contributed by atoms with E-state index in [-0.39, 0.29) is 11.3 Å². The highest BCUT2D eigenvalue weighted by atomic mass is 127. The van der Waals surface area contributed by atoms with Crippen LogP contribution in [0.1, 0.15) is 20.8 Å². The SMILES string of the molecule is CC(C)(C)OC(=O)C1=C(CI)CS[C@@H]2C(N)C(=O)N12. The molecule has 2 aliphatic rings. The van der Waals surface area contributed by atoms with Gasteiger partial charge >= 0.3 is 5.97 Å². The summed E-state index contributed by atoms with van der Waals surface area (Å²) in [5.74, 6) is 0.102. The molecule has 7 heteroatoms. The topological polar surface area (TPSA) is 72.6 Å². The predicted octanol–water partition coefficient (Wildman–Crippen LogP) is 1.26. The first-order chi connectivity index (χ1) is 8.76. The van der Waals surface area contributed by atoms with Crippen molar-refractivity contribution in [3.05, 3.63) is 11.3 Å². The second kappa shape index (κ2) is 5.25. The van der Waals surface area contributed by atoms with Gasteiger partial charge < -0.3 is 10.5 Å². The molecule has 0 bridgehead atoms. The average Bonchev–Trinajstić information content (AvgIpc) is 2.33. The van der Waals surface area contributed by atoms with Crippen molar-refractivity contribution < 1.29 is 14.3 Å². The lowest BCUT2D eigenvalue weighted by molar-refractivity contribution is -0.157. The lowest BCUT2D eigenvalue weighted by Crippen LogP contribution is -2.68. The lowest BCUT2D eigenvalue weighted by Gasteiger charge is -2.48. The highest BCUT2D eigenvalue weighted by Crippen LogP contribution is 2.40. The minimum atomic E-state index is -0.573. The van der Waals surface area contributed by atoms with E-state index in [4.69, 9.17) is 10.5 Å². The van der Waals surface area contributed by atoms with Crippen molar-refractivity contribution in [1.29, 1.82) is 0 Å². The number of ether oxygens (including phenoxy) is 1. The van der Waals surface area contributed by atoms with Crippen LogP contribution in [-0.4, -0.2) is 44.0 Å². The van der Waals surface area contributed by atoms with E-state index in [1.165, 1.54) is 4.90 Å². The van der Waals surface area contributed by atoms with Gasteiger partial charge in [-0.25, -0.2) is 4.79 Å². The molecule has 2 heterocycles. The Bertz CT molecular complexity index is 458. The molecule has 2 aliphatic heterocycles. The number of carbonyl (C=O) groups is 2. The number of carbonyl (C=O) groups excluding carboxylic acids is 2. The van der Waals surface area contributed by atoms with Crippen LogP contribution >= 0.6 is 34.4 Å². The van der Waals surface area contributed by atoms with Gasteiger partial charge in [-0.3, -0.25) is 9.69 Å². The van der Waals surface area contributed by atoms with Crippen LogP contribution in [0.3, 0.4) is 0 Å². The number of β-lactam (4-membered cyclic amide) rings is 1. The Labute approximate surface area is 130 Å². The van der Waals surface area contributed by atoms with Gasteiger partial charge in [0.05, 0.1) is 0 Å². The third-order valence-electron chi connectivity index (χ3n) is 2.84. The number of nitrogens with zero attached hydrogens (tertiary/aromatic N) is 1. The van der Waals surface area contributed by atoms with Crippen LogP contribution in [0.25, 0.3) is 0 Å². The van der Waals surface area contributed by atoms with Crippen molar-refractivity contribution in [3.8, 4) is 0 Å². The maximum absolute atomic E-state index is 12.3. The summed E-state index contributed by atoms with van der Waals surface area (Å²) in [6, 6.07) is -0.502. The standard InChI is InChI=1S/C12H17IN2O3S/c1-12(2,3)18-11(17)8-6(4-13)5-19-10-7(14)9(16)15(8)10/h7,10H,4-5,14H2,1-3H3/t7?,10-/m1/s1. The van der Waals surface area contributed by atoms with Gasteiger partial charge in [-0.15, -0.1) is 11.8 Å². The number of fused-ring (bicyclic) bond motifs is 1. The van der Waals surface area contributed by atoms with Gasteiger partial charge in [-0.1, -0.05) is 22.6 Å². The summed E-state index contributed by atoms with van der Waals surface area (Å²) in [4.78, 5) is 25.7. The minimum Gasteiger partial charge on any atom is -0.455 e. The first kappa shape index (κ1) is 15.1. The van der Waals surface area contributed by atoms with Crippen molar-refractivity contribution in [1.82, 2.24) is 4.90 Å². The fraction of sp³-hybridized carbons (Fsp3) is 0.667. The number of halogens is 1. The molecule has 1 amide bonds. The van der Waals surface area contributed by atoms with Crippen LogP contribution in [0.15, 0.2) is 11.3 Å². The number of amides is 1. The van der Waals surface area contributed by atoms with Crippen LogP contribution in [0.2, 0.25) is 0 Å². The Hall–Kier alpha value is -0.280. The van der Waals surface area contributed by atoms with Gasteiger partial charge in [0.2, 0.25) is 5.91 Å². The molecule has 0 aromatic rings. The molecule has 0 aromatic carbocycles. The molecule has 5 nitrogen and oxygen atoms in total. The molecule has 2 atom stereocenters. The maximum atomic E-state index is 12.3.